The SMILES string of the molecule is CC/C(C)=C(N)/C=C(\N=C(/C)C(F)F)Nc1cc(C)c(/C(C=NCCCNC)=C/N)cn1. The Morgan fingerprint density at radius 2 is 2.03 bits per heavy atom. The molecule has 9 heteroatoms. The van der Waals surface area contributed by atoms with Gasteiger partial charge in [0.15, 0.2) is 0 Å². The Kier molecular flexibility index (Phi) is 11.9. The first-order valence-electron chi connectivity index (χ1n) is 10.5. The van der Waals surface area contributed by atoms with Gasteiger partial charge in [-0.3, -0.25) is 4.99 Å². The number of pyridine rings is 1. The highest BCUT2D eigenvalue weighted by Gasteiger charge is 2.10. The summed E-state index contributed by atoms with van der Waals surface area (Å²) in [6.45, 7) is 8.60. The lowest BCUT2D eigenvalue weighted by Gasteiger charge is -2.12. The summed E-state index contributed by atoms with van der Waals surface area (Å²) in [5.41, 5.74) is 15.4. The maximum atomic E-state index is 13.0. The third kappa shape index (κ3) is 8.97. The van der Waals surface area contributed by atoms with Crippen molar-refractivity contribution in [1.29, 1.82) is 0 Å². The number of allylic oxidation sites excluding steroid dienone is 3. The van der Waals surface area contributed by atoms with Crippen LogP contribution in [0.15, 0.2) is 51.6 Å². The van der Waals surface area contributed by atoms with E-state index in [-0.39, 0.29) is 11.5 Å². The van der Waals surface area contributed by atoms with Gasteiger partial charge in [0.05, 0.1) is 5.71 Å². The molecule has 1 aromatic rings. The molecule has 1 aromatic heterocycles. The molecule has 0 aliphatic carbocycles. The number of alkyl halides is 2. The molecule has 0 fully saturated rings. The van der Waals surface area contributed by atoms with Crippen molar-refractivity contribution in [3.8, 4) is 0 Å². The first kappa shape index (κ1) is 27.0. The van der Waals surface area contributed by atoms with Crippen molar-refractivity contribution in [3.05, 3.63) is 52.8 Å². The number of aromatic nitrogens is 1. The quantitative estimate of drug-likeness (QED) is 0.220. The number of aliphatic imine (C=N–C) groups is 2. The lowest BCUT2D eigenvalue weighted by atomic mass is 10.0. The van der Waals surface area contributed by atoms with Crippen molar-refractivity contribution in [3.63, 3.8) is 0 Å². The molecule has 32 heavy (non-hydrogen) atoms. The number of nitrogens with zero attached hydrogens (tertiary/aromatic N) is 3. The second-order valence-electron chi connectivity index (χ2n) is 7.30. The van der Waals surface area contributed by atoms with Crippen molar-refractivity contribution in [2.75, 3.05) is 25.5 Å². The third-order valence-electron chi connectivity index (χ3n) is 4.73. The van der Waals surface area contributed by atoms with E-state index in [1.54, 1.807) is 24.6 Å². The van der Waals surface area contributed by atoms with Crippen LogP contribution in [0, 0.1) is 6.92 Å². The van der Waals surface area contributed by atoms with Crippen LogP contribution in [0.3, 0.4) is 0 Å². The van der Waals surface area contributed by atoms with Crippen LogP contribution in [-0.2, 0) is 0 Å². The molecule has 0 spiro atoms. The van der Waals surface area contributed by atoms with Gasteiger partial charge >= 0.3 is 0 Å². The zero-order chi connectivity index (χ0) is 24.1. The normalized spacial score (nSPS) is 14.3. The first-order valence-corrected chi connectivity index (χ1v) is 10.5. The molecule has 0 unspecified atom stereocenters. The summed E-state index contributed by atoms with van der Waals surface area (Å²) < 4.78 is 26.1. The molecule has 0 aliphatic rings. The number of hydrogen-bond donors (Lipinski definition) is 4. The summed E-state index contributed by atoms with van der Waals surface area (Å²) in [5.74, 6) is 0.640. The Bertz CT molecular complexity index is 900. The van der Waals surface area contributed by atoms with Gasteiger partial charge in [0.2, 0.25) is 0 Å². The van der Waals surface area contributed by atoms with E-state index in [0.717, 1.165) is 41.7 Å². The number of rotatable bonds is 12. The minimum atomic E-state index is -2.67. The average Bonchev–Trinajstić information content (AvgIpc) is 2.76. The lowest BCUT2D eigenvalue weighted by Crippen LogP contribution is -2.10. The standard InChI is InChI=1S/C23H35F2N7/c1-6-15(2)20(27)11-22(31-17(4)23(24)25)32-21-10-16(3)19(14-30-21)18(12-26)13-29-9-7-8-28-5/h10-14,23,28H,6-9,26-27H2,1-5H3,(H,30,32)/b18-12+,20-15-,22-11+,29-13?,31-17+. The molecule has 0 aliphatic heterocycles. The Hall–Kier alpha value is -3.07. The molecular formula is C23H35F2N7. The number of nitrogens with one attached hydrogen (secondary N) is 2. The zero-order valence-electron chi connectivity index (χ0n) is 19.5. The molecule has 0 amide bonds. The summed E-state index contributed by atoms with van der Waals surface area (Å²) in [5, 5.41) is 6.06. The summed E-state index contributed by atoms with van der Waals surface area (Å²) in [6, 6.07) is 1.79. The molecule has 0 radical (unpaired) electrons. The van der Waals surface area contributed by atoms with Crippen LogP contribution in [0.2, 0.25) is 0 Å². The summed E-state index contributed by atoms with van der Waals surface area (Å²) in [7, 11) is 1.90. The summed E-state index contributed by atoms with van der Waals surface area (Å²) in [6.07, 6.45) is 5.41. The lowest BCUT2D eigenvalue weighted by molar-refractivity contribution is 0.225. The van der Waals surface area contributed by atoms with E-state index < -0.39 is 6.43 Å². The second-order valence-corrected chi connectivity index (χ2v) is 7.30. The van der Waals surface area contributed by atoms with E-state index in [2.05, 4.69) is 25.6 Å². The highest BCUT2D eigenvalue weighted by Crippen LogP contribution is 2.20. The van der Waals surface area contributed by atoms with Crippen LogP contribution in [0.25, 0.3) is 5.57 Å². The van der Waals surface area contributed by atoms with Gasteiger partial charge in [-0.05, 0) is 58.8 Å². The van der Waals surface area contributed by atoms with E-state index in [1.807, 2.05) is 27.8 Å². The molecule has 0 saturated carbocycles. The van der Waals surface area contributed by atoms with Crippen molar-refractivity contribution >= 4 is 23.3 Å². The summed E-state index contributed by atoms with van der Waals surface area (Å²) >= 11 is 0. The predicted molar refractivity (Wildman–Crippen MR) is 131 cm³/mol. The van der Waals surface area contributed by atoms with Gasteiger partial charge in [-0.15, -0.1) is 0 Å². The topological polar surface area (TPSA) is 114 Å². The Morgan fingerprint density at radius 1 is 1.31 bits per heavy atom. The Balaban J connectivity index is 3.17. The smallest absolute Gasteiger partial charge is 0.276 e. The number of aryl methyl sites for hydroxylation is 1. The fourth-order valence-electron chi connectivity index (χ4n) is 2.58. The van der Waals surface area contributed by atoms with E-state index in [0.29, 0.717) is 18.1 Å². The van der Waals surface area contributed by atoms with Crippen molar-refractivity contribution in [2.45, 2.75) is 47.0 Å². The number of halogens is 2. The van der Waals surface area contributed by atoms with Crippen LogP contribution < -0.4 is 22.1 Å². The third-order valence-corrected chi connectivity index (χ3v) is 4.73. The molecule has 1 heterocycles. The van der Waals surface area contributed by atoms with Gasteiger partial charge in [0.25, 0.3) is 6.43 Å². The molecule has 176 valence electrons. The van der Waals surface area contributed by atoms with Gasteiger partial charge in [-0.25, -0.2) is 18.8 Å². The maximum absolute atomic E-state index is 13.0. The monoisotopic (exact) mass is 447 g/mol. The molecule has 6 N–H and O–H groups in total. The van der Waals surface area contributed by atoms with Crippen LogP contribution in [0.1, 0.15) is 44.7 Å². The van der Waals surface area contributed by atoms with Crippen LogP contribution in [0.5, 0.6) is 0 Å². The second kappa shape index (κ2) is 14.1. The highest BCUT2D eigenvalue weighted by molar-refractivity contribution is 6.10. The van der Waals surface area contributed by atoms with Crippen LogP contribution >= 0.6 is 0 Å². The van der Waals surface area contributed by atoms with Crippen molar-refractivity contribution in [1.82, 2.24) is 10.3 Å². The van der Waals surface area contributed by atoms with E-state index in [9.17, 15) is 8.78 Å². The van der Waals surface area contributed by atoms with Crippen molar-refractivity contribution < 1.29 is 8.78 Å². The fourth-order valence-corrected chi connectivity index (χ4v) is 2.58. The van der Waals surface area contributed by atoms with Gasteiger partial charge in [0.1, 0.15) is 11.6 Å². The van der Waals surface area contributed by atoms with Gasteiger partial charge in [-0.1, -0.05) is 12.5 Å². The van der Waals surface area contributed by atoms with Gasteiger partial charge in [-0.2, -0.15) is 0 Å². The largest absolute Gasteiger partial charge is 0.404 e. The van der Waals surface area contributed by atoms with Crippen LogP contribution in [0.4, 0.5) is 14.6 Å². The molecule has 1 rings (SSSR count). The van der Waals surface area contributed by atoms with E-state index >= 15 is 0 Å². The highest BCUT2D eigenvalue weighted by atomic mass is 19.3. The molecule has 0 bridgehead atoms. The number of anilines is 1. The maximum Gasteiger partial charge on any atom is 0.276 e. The molecular weight excluding hydrogens is 412 g/mol. The number of hydrogen-bond acceptors (Lipinski definition) is 7. The Morgan fingerprint density at radius 3 is 2.59 bits per heavy atom. The molecule has 0 aromatic carbocycles. The Labute approximate surface area is 189 Å². The van der Waals surface area contributed by atoms with Crippen LogP contribution in [-0.4, -0.2) is 43.5 Å². The van der Waals surface area contributed by atoms with Gasteiger partial charge < -0.3 is 22.1 Å². The molecule has 7 nitrogen and oxygen atoms in total. The molecule has 0 saturated heterocycles. The summed E-state index contributed by atoms with van der Waals surface area (Å²) in [4.78, 5) is 12.8. The minimum absolute atomic E-state index is 0.188. The first-order chi connectivity index (χ1) is 15.2. The number of nitrogens with two attached hydrogens (primary N) is 2. The zero-order valence-corrected chi connectivity index (χ0v) is 19.5. The van der Waals surface area contributed by atoms with E-state index in [1.165, 1.54) is 13.1 Å². The fraction of sp³-hybridized carbons (Fsp3) is 0.435. The average molecular weight is 448 g/mol. The van der Waals surface area contributed by atoms with E-state index in [4.69, 9.17) is 11.5 Å². The van der Waals surface area contributed by atoms with Gasteiger partial charge in [0, 0.05) is 48.1 Å². The van der Waals surface area contributed by atoms with Crippen molar-refractivity contribution in [2.24, 2.45) is 21.5 Å². The predicted octanol–water partition coefficient (Wildman–Crippen LogP) is 3.99. The molecule has 0 atom stereocenters. The minimum Gasteiger partial charge on any atom is -0.404 e.